The molecule has 0 spiro atoms. The Labute approximate surface area is 152 Å². The standard InChI is InChI=1S/C23H18FNO/c1-17-5-4-6-19(13-17)16-26-21-11-9-18(10-12-21)14-20(15-25)22-7-2-3-8-23(22)24/h2-14H,16H2,1H3/b20-14-. The maximum absolute atomic E-state index is 13.9. The van der Waals surface area contributed by atoms with Crippen LogP contribution >= 0.6 is 0 Å². The molecule has 0 aliphatic rings. The van der Waals surface area contributed by atoms with Crippen molar-refractivity contribution < 1.29 is 9.13 Å². The summed E-state index contributed by atoms with van der Waals surface area (Å²) in [5, 5.41) is 9.34. The summed E-state index contributed by atoms with van der Waals surface area (Å²) in [4.78, 5) is 0. The summed E-state index contributed by atoms with van der Waals surface area (Å²) in [5.74, 6) is 0.339. The van der Waals surface area contributed by atoms with Gasteiger partial charge in [0, 0.05) is 5.56 Å². The Hall–Kier alpha value is -3.38. The van der Waals surface area contributed by atoms with Crippen LogP contribution in [0.5, 0.6) is 5.75 Å². The molecule has 128 valence electrons. The molecule has 0 aromatic heterocycles. The molecule has 0 heterocycles. The lowest BCUT2D eigenvalue weighted by Gasteiger charge is -2.07. The second kappa shape index (κ2) is 8.13. The number of rotatable bonds is 5. The SMILES string of the molecule is Cc1cccc(COc2ccc(/C=C(/C#N)c3ccccc3F)cc2)c1. The van der Waals surface area contributed by atoms with Crippen LogP contribution in [0.15, 0.2) is 72.8 Å². The number of ether oxygens (including phenoxy) is 1. The molecule has 3 heteroatoms. The highest BCUT2D eigenvalue weighted by molar-refractivity contribution is 5.89. The average Bonchev–Trinajstić information content (AvgIpc) is 2.66. The van der Waals surface area contributed by atoms with E-state index < -0.39 is 5.82 Å². The van der Waals surface area contributed by atoms with Gasteiger partial charge in [0.05, 0.1) is 11.6 Å². The summed E-state index contributed by atoms with van der Waals surface area (Å²) in [5.41, 5.74) is 3.71. The van der Waals surface area contributed by atoms with Gasteiger partial charge in [-0.3, -0.25) is 0 Å². The summed E-state index contributed by atoms with van der Waals surface area (Å²) >= 11 is 0. The van der Waals surface area contributed by atoms with Crippen LogP contribution in [0.4, 0.5) is 4.39 Å². The lowest BCUT2D eigenvalue weighted by molar-refractivity contribution is 0.306. The molecule has 0 radical (unpaired) electrons. The Kier molecular flexibility index (Phi) is 5.46. The van der Waals surface area contributed by atoms with Gasteiger partial charge in [-0.1, -0.05) is 60.2 Å². The van der Waals surface area contributed by atoms with Gasteiger partial charge in [-0.2, -0.15) is 5.26 Å². The van der Waals surface area contributed by atoms with Gasteiger partial charge in [-0.25, -0.2) is 4.39 Å². The van der Waals surface area contributed by atoms with Crippen LogP contribution in [-0.2, 0) is 6.61 Å². The van der Waals surface area contributed by atoms with Crippen molar-refractivity contribution in [1.82, 2.24) is 0 Å². The minimum absolute atomic E-state index is 0.288. The Morgan fingerprint density at radius 1 is 1.04 bits per heavy atom. The first-order chi connectivity index (χ1) is 12.7. The number of allylic oxidation sites excluding steroid dienone is 1. The van der Waals surface area contributed by atoms with Gasteiger partial charge in [-0.05, 0) is 42.3 Å². The van der Waals surface area contributed by atoms with Gasteiger partial charge in [0.15, 0.2) is 0 Å². The van der Waals surface area contributed by atoms with Gasteiger partial charge < -0.3 is 4.74 Å². The maximum atomic E-state index is 13.9. The number of benzene rings is 3. The molecule has 0 unspecified atom stereocenters. The van der Waals surface area contributed by atoms with E-state index in [-0.39, 0.29) is 5.57 Å². The van der Waals surface area contributed by atoms with E-state index in [0.29, 0.717) is 12.2 Å². The largest absolute Gasteiger partial charge is 0.489 e. The van der Waals surface area contributed by atoms with Crippen molar-refractivity contribution in [2.45, 2.75) is 13.5 Å². The van der Waals surface area contributed by atoms with Crippen molar-refractivity contribution in [3.63, 3.8) is 0 Å². The summed E-state index contributed by atoms with van der Waals surface area (Å²) < 4.78 is 19.7. The second-order valence-electron chi connectivity index (χ2n) is 6.00. The summed E-state index contributed by atoms with van der Waals surface area (Å²) in [6, 6.07) is 23.9. The quantitative estimate of drug-likeness (QED) is 0.435. The lowest BCUT2D eigenvalue weighted by atomic mass is 10.0. The van der Waals surface area contributed by atoms with E-state index in [1.807, 2.05) is 49.4 Å². The van der Waals surface area contributed by atoms with E-state index in [1.165, 1.54) is 11.6 Å². The van der Waals surface area contributed by atoms with Crippen molar-refractivity contribution in [1.29, 1.82) is 5.26 Å². The molecule has 2 nitrogen and oxygen atoms in total. The van der Waals surface area contributed by atoms with Crippen LogP contribution in [0.2, 0.25) is 0 Å². The maximum Gasteiger partial charge on any atom is 0.131 e. The van der Waals surface area contributed by atoms with Crippen molar-refractivity contribution in [2.75, 3.05) is 0 Å². The van der Waals surface area contributed by atoms with E-state index >= 15 is 0 Å². The third kappa shape index (κ3) is 4.37. The number of nitrogens with zero attached hydrogens (tertiary/aromatic N) is 1. The van der Waals surface area contributed by atoms with E-state index in [1.54, 1.807) is 24.3 Å². The number of hydrogen-bond donors (Lipinski definition) is 0. The molecule has 0 amide bonds. The van der Waals surface area contributed by atoms with Gasteiger partial charge in [0.2, 0.25) is 0 Å². The van der Waals surface area contributed by atoms with Crippen molar-refractivity contribution in [2.24, 2.45) is 0 Å². The molecular weight excluding hydrogens is 325 g/mol. The van der Waals surface area contributed by atoms with Gasteiger partial charge in [0.1, 0.15) is 18.2 Å². The first-order valence-electron chi connectivity index (χ1n) is 8.31. The zero-order valence-corrected chi connectivity index (χ0v) is 14.4. The Balaban J connectivity index is 1.73. The van der Waals surface area contributed by atoms with Gasteiger partial charge in [-0.15, -0.1) is 0 Å². The van der Waals surface area contributed by atoms with Crippen molar-refractivity contribution in [3.8, 4) is 11.8 Å². The fourth-order valence-electron chi connectivity index (χ4n) is 2.65. The van der Waals surface area contributed by atoms with Crippen LogP contribution in [0.1, 0.15) is 22.3 Å². The average molecular weight is 343 g/mol. The number of aryl methyl sites for hydroxylation is 1. The van der Waals surface area contributed by atoms with Crippen LogP contribution in [0, 0.1) is 24.1 Å². The van der Waals surface area contributed by atoms with Crippen LogP contribution in [-0.4, -0.2) is 0 Å². The zero-order chi connectivity index (χ0) is 18.4. The summed E-state index contributed by atoms with van der Waals surface area (Å²) in [7, 11) is 0. The Morgan fingerprint density at radius 2 is 1.81 bits per heavy atom. The Morgan fingerprint density at radius 3 is 2.50 bits per heavy atom. The highest BCUT2D eigenvalue weighted by Gasteiger charge is 2.06. The fourth-order valence-corrected chi connectivity index (χ4v) is 2.65. The monoisotopic (exact) mass is 343 g/mol. The van der Waals surface area contributed by atoms with E-state index in [2.05, 4.69) is 12.1 Å². The molecule has 0 saturated heterocycles. The van der Waals surface area contributed by atoms with Gasteiger partial charge >= 0.3 is 0 Å². The van der Waals surface area contributed by atoms with Crippen LogP contribution in [0.3, 0.4) is 0 Å². The minimum Gasteiger partial charge on any atom is -0.489 e. The van der Waals surface area contributed by atoms with E-state index in [4.69, 9.17) is 4.74 Å². The number of nitriles is 1. The van der Waals surface area contributed by atoms with Crippen LogP contribution < -0.4 is 4.74 Å². The normalized spacial score (nSPS) is 11.0. The van der Waals surface area contributed by atoms with Crippen LogP contribution in [0.25, 0.3) is 11.6 Å². The first-order valence-corrected chi connectivity index (χ1v) is 8.31. The molecule has 0 saturated carbocycles. The highest BCUT2D eigenvalue weighted by Crippen LogP contribution is 2.22. The van der Waals surface area contributed by atoms with Gasteiger partial charge in [0.25, 0.3) is 0 Å². The molecule has 26 heavy (non-hydrogen) atoms. The molecular formula is C23H18FNO. The number of hydrogen-bond acceptors (Lipinski definition) is 2. The molecule has 0 atom stereocenters. The Bertz CT molecular complexity index is 968. The third-order valence-corrected chi connectivity index (χ3v) is 3.96. The van der Waals surface area contributed by atoms with Crippen molar-refractivity contribution >= 4 is 11.6 Å². The molecule has 0 aliphatic carbocycles. The molecule has 3 aromatic rings. The highest BCUT2D eigenvalue weighted by atomic mass is 19.1. The van der Waals surface area contributed by atoms with E-state index in [0.717, 1.165) is 16.9 Å². The molecule has 3 rings (SSSR count). The fraction of sp³-hybridized carbons (Fsp3) is 0.0870. The predicted molar refractivity (Wildman–Crippen MR) is 102 cm³/mol. The summed E-state index contributed by atoms with van der Waals surface area (Å²) in [6.07, 6.45) is 1.67. The molecule has 0 aliphatic heterocycles. The third-order valence-electron chi connectivity index (χ3n) is 3.96. The lowest BCUT2D eigenvalue weighted by Crippen LogP contribution is -1.95. The number of halogens is 1. The second-order valence-corrected chi connectivity index (χ2v) is 6.00. The topological polar surface area (TPSA) is 33.0 Å². The molecule has 0 bridgehead atoms. The predicted octanol–water partition coefficient (Wildman–Crippen LogP) is 5.78. The first kappa shape index (κ1) is 17.4. The smallest absolute Gasteiger partial charge is 0.131 e. The minimum atomic E-state index is -0.404. The molecule has 0 N–H and O–H groups in total. The summed E-state index contributed by atoms with van der Waals surface area (Å²) in [6.45, 7) is 2.54. The molecule has 3 aromatic carbocycles. The van der Waals surface area contributed by atoms with E-state index in [9.17, 15) is 9.65 Å². The van der Waals surface area contributed by atoms with Crippen molar-refractivity contribution in [3.05, 3.63) is 101 Å². The molecule has 0 fully saturated rings. The zero-order valence-electron chi connectivity index (χ0n) is 14.4.